The lowest BCUT2D eigenvalue weighted by atomic mass is 9.73. The Balaban J connectivity index is 1.82. The number of ether oxygens (including phenoxy) is 1. The van der Waals surface area contributed by atoms with Gasteiger partial charge in [0, 0.05) is 17.9 Å². The highest BCUT2D eigenvalue weighted by Crippen LogP contribution is 2.46. The maximum Gasteiger partial charge on any atom is 0.496 e. The summed E-state index contributed by atoms with van der Waals surface area (Å²) in [6.45, 7) is 9.95. The number of fused-ring (bicyclic) bond motifs is 1. The molecule has 1 saturated heterocycles. The monoisotopic (exact) mass is 402 g/mol. The van der Waals surface area contributed by atoms with Crippen LogP contribution in [0.3, 0.4) is 0 Å². The van der Waals surface area contributed by atoms with E-state index in [4.69, 9.17) is 25.6 Å². The molecule has 2 heterocycles. The van der Waals surface area contributed by atoms with Crippen molar-refractivity contribution < 1.29 is 18.4 Å². The van der Waals surface area contributed by atoms with E-state index in [1.807, 2.05) is 58.0 Å². The lowest BCUT2D eigenvalue weighted by Gasteiger charge is -2.32. The molecule has 0 aromatic heterocycles. The molecule has 0 aliphatic carbocycles. The molecule has 0 spiro atoms. The molecular weight excluding hydrogens is 378 g/mol. The van der Waals surface area contributed by atoms with E-state index in [2.05, 4.69) is 6.92 Å². The standard InChI is InChI=1S/C22H25BClFO3/c1-6-22(14-10-8-7-9-11-14)13-15-17(26-22)12-16(25)19(24)18(15)23-27-20(2,3)21(4,5)28-23/h7-12H,6,13H2,1-5H3/t22-/m0/s1. The van der Waals surface area contributed by atoms with Crippen LogP contribution in [-0.2, 0) is 21.3 Å². The summed E-state index contributed by atoms with van der Waals surface area (Å²) < 4.78 is 33.4. The summed E-state index contributed by atoms with van der Waals surface area (Å²) in [5.74, 6) is -0.0117. The van der Waals surface area contributed by atoms with Crippen molar-refractivity contribution in [1.82, 2.24) is 0 Å². The molecule has 148 valence electrons. The van der Waals surface area contributed by atoms with E-state index >= 15 is 0 Å². The lowest BCUT2D eigenvalue weighted by molar-refractivity contribution is 0.00578. The molecule has 6 heteroatoms. The number of benzene rings is 2. The first-order valence-electron chi connectivity index (χ1n) is 9.71. The second kappa shape index (κ2) is 6.48. The molecule has 2 aliphatic rings. The second-order valence-electron chi connectivity index (χ2n) is 8.64. The van der Waals surface area contributed by atoms with Gasteiger partial charge in [-0.05, 0) is 45.2 Å². The van der Waals surface area contributed by atoms with Crippen molar-refractivity contribution in [3.63, 3.8) is 0 Å². The van der Waals surface area contributed by atoms with Crippen molar-refractivity contribution in [2.24, 2.45) is 0 Å². The maximum absolute atomic E-state index is 14.7. The average molecular weight is 403 g/mol. The van der Waals surface area contributed by atoms with Crippen molar-refractivity contribution >= 4 is 24.2 Å². The highest BCUT2D eigenvalue weighted by atomic mass is 35.5. The van der Waals surface area contributed by atoms with E-state index in [1.165, 1.54) is 6.07 Å². The van der Waals surface area contributed by atoms with Crippen LogP contribution < -0.4 is 10.2 Å². The summed E-state index contributed by atoms with van der Waals surface area (Å²) in [6.07, 6.45) is 1.33. The molecule has 0 bridgehead atoms. The van der Waals surface area contributed by atoms with Gasteiger partial charge in [0.05, 0.1) is 16.2 Å². The van der Waals surface area contributed by atoms with Gasteiger partial charge in [-0.15, -0.1) is 0 Å². The van der Waals surface area contributed by atoms with Gasteiger partial charge in [0.15, 0.2) is 0 Å². The fourth-order valence-electron chi connectivity index (χ4n) is 3.98. The third kappa shape index (κ3) is 2.87. The van der Waals surface area contributed by atoms with Gasteiger partial charge in [-0.25, -0.2) is 4.39 Å². The van der Waals surface area contributed by atoms with Crippen LogP contribution in [0.5, 0.6) is 5.75 Å². The van der Waals surface area contributed by atoms with Crippen LogP contribution in [0.4, 0.5) is 4.39 Å². The normalized spacial score (nSPS) is 24.9. The first-order valence-corrected chi connectivity index (χ1v) is 10.1. The average Bonchev–Trinajstić information content (AvgIpc) is 3.11. The zero-order valence-corrected chi connectivity index (χ0v) is 17.7. The topological polar surface area (TPSA) is 27.7 Å². The minimum atomic E-state index is -0.742. The van der Waals surface area contributed by atoms with Crippen molar-refractivity contribution in [1.29, 1.82) is 0 Å². The number of rotatable bonds is 3. The fourth-order valence-corrected chi connectivity index (χ4v) is 4.23. The van der Waals surface area contributed by atoms with Gasteiger partial charge < -0.3 is 14.0 Å². The largest absolute Gasteiger partial charge is 0.496 e. The van der Waals surface area contributed by atoms with Gasteiger partial charge in [-0.2, -0.15) is 0 Å². The van der Waals surface area contributed by atoms with Gasteiger partial charge >= 0.3 is 7.12 Å². The Morgan fingerprint density at radius 3 is 2.25 bits per heavy atom. The Morgan fingerprint density at radius 2 is 1.68 bits per heavy atom. The third-order valence-electron chi connectivity index (χ3n) is 6.45. The van der Waals surface area contributed by atoms with Crippen molar-refractivity contribution in [3.8, 4) is 5.75 Å². The molecule has 2 aromatic rings. The summed E-state index contributed by atoms with van der Waals surface area (Å²) in [5, 5.41) is 0.0424. The Bertz CT molecular complexity index is 900. The highest BCUT2D eigenvalue weighted by Gasteiger charge is 2.54. The Morgan fingerprint density at radius 1 is 1.07 bits per heavy atom. The van der Waals surface area contributed by atoms with Crippen LogP contribution in [0.2, 0.25) is 5.02 Å². The summed E-state index contributed by atoms with van der Waals surface area (Å²) in [4.78, 5) is 0. The molecule has 0 saturated carbocycles. The second-order valence-corrected chi connectivity index (χ2v) is 9.02. The van der Waals surface area contributed by atoms with E-state index in [9.17, 15) is 4.39 Å². The number of halogens is 2. The van der Waals surface area contributed by atoms with Crippen LogP contribution in [0, 0.1) is 5.82 Å². The third-order valence-corrected chi connectivity index (χ3v) is 6.84. The predicted molar refractivity (Wildman–Crippen MR) is 110 cm³/mol. The molecule has 2 aromatic carbocycles. The van der Waals surface area contributed by atoms with Gasteiger partial charge in [-0.1, -0.05) is 48.9 Å². The first-order chi connectivity index (χ1) is 13.1. The Labute approximate surface area is 171 Å². The minimum Gasteiger partial charge on any atom is -0.482 e. The maximum atomic E-state index is 14.7. The zero-order valence-electron chi connectivity index (χ0n) is 16.9. The molecule has 1 atom stereocenters. The van der Waals surface area contributed by atoms with E-state index in [0.29, 0.717) is 17.6 Å². The summed E-state index contributed by atoms with van der Waals surface area (Å²) in [5.41, 5.74) is 0.823. The van der Waals surface area contributed by atoms with Crippen LogP contribution in [-0.4, -0.2) is 18.3 Å². The van der Waals surface area contributed by atoms with Crippen LogP contribution in [0.1, 0.15) is 52.2 Å². The van der Waals surface area contributed by atoms with E-state index in [0.717, 1.165) is 17.5 Å². The molecule has 0 amide bonds. The Hall–Kier alpha value is -1.56. The van der Waals surface area contributed by atoms with E-state index < -0.39 is 29.7 Å². The molecule has 1 fully saturated rings. The van der Waals surface area contributed by atoms with Crippen LogP contribution in [0.15, 0.2) is 36.4 Å². The molecule has 0 N–H and O–H groups in total. The quantitative estimate of drug-likeness (QED) is 0.675. The van der Waals surface area contributed by atoms with Gasteiger partial charge in [0.2, 0.25) is 0 Å². The molecule has 0 unspecified atom stereocenters. The number of hydrogen-bond donors (Lipinski definition) is 0. The van der Waals surface area contributed by atoms with Crippen molar-refractivity contribution in [3.05, 3.63) is 58.4 Å². The zero-order chi connectivity index (χ0) is 20.3. The minimum absolute atomic E-state index is 0.0424. The highest BCUT2D eigenvalue weighted by molar-refractivity contribution is 6.66. The fraction of sp³-hybridized carbons (Fsp3) is 0.455. The summed E-state index contributed by atoms with van der Waals surface area (Å²) in [6, 6.07) is 11.4. The predicted octanol–water partition coefficient (Wildman–Crippen LogP) is 5.02. The smallest absolute Gasteiger partial charge is 0.482 e. The van der Waals surface area contributed by atoms with E-state index in [1.54, 1.807) is 0 Å². The summed E-state index contributed by atoms with van der Waals surface area (Å²) >= 11 is 6.43. The molecule has 3 nitrogen and oxygen atoms in total. The van der Waals surface area contributed by atoms with Gasteiger partial charge in [0.25, 0.3) is 0 Å². The molecule has 28 heavy (non-hydrogen) atoms. The Kier molecular flexibility index (Phi) is 4.57. The van der Waals surface area contributed by atoms with Gasteiger partial charge in [-0.3, -0.25) is 0 Å². The molecule has 2 aliphatic heterocycles. The summed E-state index contributed by atoms with van der Waals surface area (Å²) in [7, 11) is -0.742. The van der Waals surface area contributed by atoms with Crippen LogP contribution >= 0.6 is 11.6 Å². The molecule has 4 rings (SSSR count). The molecule has 0 radical (unpaired) electrons. The first kappa shape index (κ1) is 19.7. The number of hydrogen-bond acceptors (Lipinski definition) is 3. The van der Waals surface area contributed by atoms with Crippen molar-refractivity contribution in [2.45, 2.75) is 64.3 Å². The lowest BCUT2D eigenvalue weighted by Crippen LogP contribution is -2.41. The molecular formula is C22H25BClFO3. The van der Waals surface area contributed by atoms with Crippen molar-refractivity contribution in [2.75, 3.05) is 0 Å². The van der Waals surface area contributed by atoms with Gasteiger partial charge in [0.1, 0.15) is 17.2 Å². The van der Waals surface area contributed by atoms with Crippen LogP contribution in [0.25, 0.3) is 0 Å². The van der Waals surface area contributed by atoms with E-state index in [-0.39, 0.29) is 5.02 Å². The SMILES string of the molecule is CC[C@@]1(c2ccccc2)Cc2c(cc(F)c(Cl)c2B2OC(C)(C)C(C)(C)O2)O1.